The zero-order chi connectivity index (χ0) is 20.7. The number of hydrogen-bond acceptors (Lipinski definition) is 4. The number of aliphatic hydroxyl groups is 1. The van der Waals surface area contributed by atoms with Crippen molar-refractivity contribution in [3.8, 4) is 5.75 Å². The average molecular weight is 391 g/mol. The van der Waals surface area contributed by atoms with Gasteiger partial charge in [0.25, 0.3) is 0 Å². The summed E-state index contributed by atoms with van der Waals surface area (Å²) in [4.78, 5) is 18.8. The Morgan fingerprint density at radius 3 is 2.68 bits per heavy atom. The van der Waals surface area contributed by atoms with Crippen molar-refractivity contribution in [3.05, 3.63) is 17.8 Å². The van der Waals surface area contributed by atoms with E-state index in [-0.39, 0.29) is 5.91 Å². The summed E-state index contributed by atoms with van der Waals surface area (Å²) in [6.07, 6.45) is 7.53. The van der Waals surface area contributed by atoms with Crippen LogP contribution in [0.15, 0.2) is 12.3 Å². The molecular formula is C23H38N2O3. The highest BCUT2D eigenvalue weighted by molar-refractivity contribution is 5.95. The molecule has 1 amide bonds. The lowest BCUT2D eigenvalue weighted by atomic mass is 9.69. The fourth-order valence-electron chi connectivity index (χ4n) is 3.94. The van der Waals surface area contributed by atoms with Gasteiger partial charge in [-0.05, 0) is 55.6 Å². The Kier molecular flexibility index (Phi) is 8.29. The molecule has 1 aromatic heterocycles. The third-order valence-corrected chi connectivity index (χ3v) is 6.10. The van der Waals surface area contributed by atoms with Gasteiger partial charge in [-0.25, -0.2) is 4.98 Å². The van der Waals surface area contributed by atoms with Crippen molar-refractivity contribution < 1.29 is 14.6 Å². The van der Waals surface area contributed by atoms with Gasteiger partial charge < -0.3 is 9.84 Å². The first-order valence-electron chi connectivity index (χ1n) is 11.1. The first-order chi connectivity index (χ1) is 13.4. The summed E-state index contributed by atoms with van der Waals surface area (Å²) in [6, 6.07) is 2.04. The van der Waals surface area contributed by atoms with Gasteiger partial charge >= 0.3 is 0 Å². The van der Waals surface area contributed by atoms with E-state index in [1.165, 1.54) is 0 Å². The van der Waals surface area contributed by atoms with Gasteiger partial charge in [0.05, 0.1) is 18.4 Å². The van der Waals surface area contributed by atoms with E-state index in [2.05, 4.69) is 18.8 Å². The molecule has 1 unspecified atom stereocenters. The smallest absolute Gasteiger partial charge is 0.228 e. The van der Waals surface area contributed by atoms with Crippen molar-refractivity contribution in [1.82, 2.24) is 4.98 Å². The zero-order valence-corrected chi connectivity index (χ0v) is 18.3. The second kappa shape index (κ2) is 10.2. The van der Waals surface area contributed by atoms with Crippen LogP contribution in [0.3, 0.4) is 0 Å². The van der Waals surface area contributed by atoms with Crippen LogP contribution in [0.4, 0.5) is 5.82 Å². The molecule has 2 heterocycles. The summed E-state index contributed by atoms with van der Waals surface area (Å²) in [6.45, 7) is 11.8. The SMILES string of the molecule is CC.CCC(C)CCOc1cnc2c(c1)CCC(=O)N2CC1CC(O)(CC)C1. The predicted molar refractivity (Wildman–Crippen MR) is 114 cm³/mol. The van der Waals surface area contributed by atoms with E-state index in [9.17, 15) is 9.90 Å². The van der Waals surface area contributed by atoms with Gasteiger partial charge in [0.1, 0.15) is 11.6 Å². The topological polar surface area (TPSA) is 62.7 Å². The van der Waals surface area contributed by atoms with Crippen LogP contribution in [0.5, 0.6) is 5.75 Å². The summed E-state index contributed by atoms with van der Waals surface area (Å²) in [5.74, 6) is 2.75. The fourth-order valence-corrected chi connectivity index (χ4v) is 3.94. The number of amides is 1. The van der Waals surface area contributed by atoms with Gasteiger partial charge in [-0.2, -0.15) is 0 Å². The van der Waals surface area contributed by atoms with E-state index in [4.69, 9.17) is 4.74 Å². The molecular weight excluding hydrogens is 352 g/mol. The number of rotatable bonds is 8. The van der Waals surface area contributed by atoms with Gasteiger partial charge in [-0.15, -0.1) is 0 Å². The van der Waals surface area contributed by atoms with E-state index < -0.39 is 5.60 Å². The maximum Gasteiger partial charge on any atom is 0.228 e. The van der Waals surface area contributed by atoms with Gasteiger partial charge in [0.15, 0.2) is 0 Å². The summed E-state index contributed by atoms with van der Waals surface area (Å²) < 4.78 is 5.86. The van der Waals surface area contributed by atoms with Gasteiger partial charge in [-0.1, -0.05) is 41.0 Å². The Labute approximate surface area is 170 Å². The number of nitrogens with zero attached hydrogens (tertiary/aromatic N) is 2. The fraction of sp³-hybridized carbons (Fsp3) is 0.739. The van der Waals surface area contributed by atoms with Gasteiger partial charge in [0, 0.05) is 13.0 Å². The summed E-state index contributed by atoms with van der Waals surface area (Å²) >= 11 is 0. The van der Waals surface area contributed by atoms with Crippen LogP contribution < -0.4 is 9.64 Å². The lowest BCUT2D eigenvalue weighted by Crippen LogP contribution is -2.50. The number of ether oxygens (including phenoxy) is 1. The maximum atomic E-state index is 12.4. The van der Waals surface area contributed by atoms with Crippen LogP contribution in [0, 0.1) is 11.8 Å². The molecule has 3 rings (SSSR count). The molecule has 0 radical (unpaired) electrons. The molecule has 28 heavy (non-hydrogen) atoms. The molecule has 158 valence electrons. The van der Waals surface area contributed by atoms with Crippen LogP contribution in [-0.2, 0) is 11.2 Å². The molecule has 1 aliphatic carbocycles. The number of pyridine rings is 1. The Morgan fingerprint density at radius 1 is 1.32 bits per heavy atom. The Bertz CT molecular complexity index is 641. The summed E-state index contributed by atoms with van der Waals surface area (Å²) in [5.41, 5.74) is 0.573. The third-order valence-electron chi connectivity index (χ3n) is 6.10. The van der Waals surface area contributed by atoms with E-state index in [0.717, 1.165) is 55.7 Å². The Morgan fingerprint density at radius 2 is 2.04 bits per heavy atom. The van der Waals surface area contributed by atoms with Crippen LogP contribution in [-0.4, -0.2) is 34.8 Å². The molecule has 1 atom stereocenters. The van der Waals surface area contributed by atoms with Crippen molar-refractivity contribution in [2.75, 3.05) is 18.1 Å². The lowest BCUT2D eigenvalue weighted by molar-refractivity contribution is -0.120. The minimum absolute atomic E-state index is 0.141. The minimum atomic E-state index is -0.521. The summed E-state index contributed by atoms with van der Waals surface area (Å²) in [5, 5.41) is 10.2. The standard InChI is InChI=1S/C21H32N2O3.C2H6/c1-4-15(3)8-9-26-18-10-17-6-7-19(24)23(20(17)22-13-18)14-16-11-21(25,5-2)12-16;1-2/h10,13,15-16,25H,4-9,11-12,14H2,1-3H3;1-2H3. The van der Waals surface area contributed by atoms with E-state index >= 15 is 0 Å². The molecule has 1 fully saturated rings. The first-order valence-corrected chi connectivity index (χ1v) is 11.1. The highest BCUT2D eigenvalue weighted by atomic mass is 16.5. The molecule has 1 saturated carbocycles. The molecule has 1 aromatic rings. The molecule has 1 aliphatic heterocycles. The van der Waals surface area contributed by atoms with Crippen molar-refractivity contribution in [3.63, 3.8) is 0 Å². The van der Waals surface area contributed by atoms with E-state index in [0.29, 0.717) is 31.4 Å². The van der Waals surface area contributed by atoms with Crippen LogP contribution in [0.1, 0.15) is 78.7 Å². The molecule has 5 nitrogen and oxygen atoms in total. The van der Waals surface area contributed by atoms with E-state index in [1.54, 1.807) is 6.20 Å². The highest BCUT2D eigenvalue weighted by Crippen LogP contribution is 2.41. The predicted octanol–water partition coefficient (Wildman–Crippen LogP) is 4.75. The lowest BCUT2D eigenvalue weighted by Gasteiger charge is -2.45. The van der Waals surface area contributed by atoms with Crippen LogP contribution >= 0.6 is 0 Å². The number of anilines is 1. The molecule has 2 aliphatic rings. The number of carbonyl (C=O) groups is 1. The van der Waals surface area contributed by atoms with Crippen molar-refractivity contribution >= 4 is 11.7 Å². The number of aromatic nitrogens is 1. The van der Waals surface area contributed by atoms with Crippen molar-refractivity contribution in [2.45, 2.75) is 85.2 Å². The summed E-state index contributed by atoms with van der Waals surface area (Å²) in [7, 11) is 0. The maximum absolute atomic E-state index is 12.4. The molecule has 0 bridgehead atoms. The molecule has 5 heteroatoms. The van der Waals surface area contributed by atoms with Crippen LogP contribution in [0.2, 0.25) is 0 Å². The number of carbonyl (C=O) groups excluding carboxylic acids is 1. The normalized spacial score (nSPS) is 24.6. The third kappa shape index (κ3) is 5.47. The zero-order valence-electron chi connectivity index (χ0n) is 18.3. The number of aryl methyl sites for hydroxylation is 1. The van der Waals surface area contributed by atoms with Gasteiger partial charge in [0.2, 0.25) is 5.91 Å². The Balaban J connectivity index is 0.00000136. The average Bonchev–Trinajstić information content (AvgIpc) is 2.69. The molecule has 0 spiro atoms. The Hall–Kier alpha value is -1.62. The monoisotopic (exact) mass is 390 g/mol. The number of fused-ring (bicyclic) bond motifs is 1. The highest BCUT2D eigenvalue weighted by Gasteiger charge is 2.42. The van der Waals surface area contributed by atoms with E-state index in [1.807, 2.05) is 31.7 Å². The van der Waals surface area contributed by atoms with Gasteiger partial charge in [-0.3, -0.25) is 9.69 Å². The quantitative estimate of drug-likeness (QED) is 0.695. The molecule has 0 aromatic carbocycles. The second-order valence-corrected chi connectivity index (χ2v) is 8.16. The van der Waals surface area contributed by atoms with Crippen LogP contribution in [0.25, 0.3) is 0 Å². The van der Waals surface area contributed by atoms with Crippen molar-refractivity contribution in [2.24, 2.45) is 11.8 Å². The second-order valence-electron chi connectivity index (χ2n) is 8.16. The number of hydrogen-bond donors (Lipinski definition) is 1. The molecule has 1 N–H and O–H groups in total. The van der Waals surface area contributed by atoms with Crippen molar-refractivity contribution in [1.29, 1.82) is 0 Å². The largest absolute Gasteiger partial charge is 0.492 e. The molecule has 0 saturated heterocycles. The minimum Gasteiger partial charge on any atom is -0.492 e. The first kappa shape index (κ1) is 22.7.